The number of halogens is 3. The van der Waals surface area contributed by atoms with E-state index in [1.807, 2.05) is 0 Å². The van der Waals surface area contributed by atoms with Gasteiger partial charge >= 0.3 is 0 Å². The summed E-state index contributed by atoms with van der Waals surface area (Å²) < 4.78 is 18.2. The number of anilines is 1. The Morgan fingerprint density at radius 1 is 1.23 bits per heavy atom. The molecular weight excluding hydrogens is 328 g/mol. The number of nitrogens with zero attached hydrogens (tertiary/aromatic N) is 1. The lowest BCUT2D eigenvalue weighted by Gasteiger charge is -2.23. The third-order valence-corrected chi connectivity index (χ3v) is 3.66. The third-order valence-electron chi connectivity index (χ3n) is 3.11. The van der Waals surface area contributed by atoms with Crippen LogP contribution < -0.4 is 9.64 Å². The molecule has 2 aromatic rings. The number of alkyl halides is 1. The number of rotatable bonds is 5. The van der Waals surface area contributed by atoms with Gasteiger partial charge in [-0.1, -0.05) is 23.7 Å². The van der Waals surface area contributed by atoms with Gasteiger partial charge in [0.15, 0.2) is 0 Å². The number of carbonyl (C=O) groups is 1. The van der Waals surface area contributed by atoms with Gasteiger partial charge in [-0.05, 0) is 29.8 Å². The molecular formula is C16H14Cl2FNO2. The normalized spacial score (nSPS) is 10.4. The van der Waals surface area contributed by atoms with Gasteiger partial charge < -0.3 is 9.64 Å². The molecule has 1 amide bonds. The Bertz CT molecular complexity index is 662. The zero-order valence-corrected chi connectivity index (χ0v) is 13.4. The van der Waals surface area contributed by atoms with Crippen molar-refractivity contribution in [3.63, 3.8) is 0 Å². The average molecular weight is 342 g/mol. The molecule has 0 heterocycles. The van der Waals surface area contributed by atoms with Crippen LogP contribution in [-0.2, 0) is 11.3 Å². The van der Waals surface area contributed by atoms with Crippen LogP contribution in [0.2, 0.25) is 5.02 Å². The summed E-state index contributed by atoms with van der Waals surface area (Å²) in [6.45, 7) is 0.235. The minimum Gasteiger partial charge on any atom is -0.497 e. The molecule has 0 N–H and O–H groups in total. The van der Waals surface area contributed by atoms with Crippen molar-refractivity contribution in [2.45, 2.75) is 6.54 Å². The van der Waals surface area contributed by atoms with Crippen LogP contribution in [-0.4, -0.2) is 18.9 Å². The van der Waals surface area contributed by atoms with E-state index in [0.717, 1.165) is 5.56 Å². The molecule has 3 nitrogen and oxygen atoms in total. The first-order valence-electron chi connectivity index (χ1n) is 6.49. The van der Waals surface area contributed by atoms with E-state index in [1.165, 1.54) is 24.1 Å². The van der Waals surface area contributed by atoms with Crippen LogP contribution in [0.4, 0.5) is 10.1 Å². The Kier molecular flexibility index (Phi) is 5.63. The summed E-state index contributed by atoms with van der Waals surface area (Å²) in [4.78, 5) is 13.6. The minimum absolute atomic E-state index is 0.186. The average Bonchev–Trinajstić information content (AvgIpc) is 2.54. The first-order chi connectivity index (χ1) is 10.5. The first-order valence-corrected chi connectivity index (χ1v) is 7.40. The SMILES string of the molecule is COc1ccc(Cl)c(N(Cc2ccc(F)cc2)C(=O)CCl)c1. The highest BCUT2D eigenvalue weighted by molar-refractivity contribution is 6.35. The van der Waals surface area contributed by atoms with Gasteiger partial charge in [0.2, 0.25) is 5.91 Å². The van der Waals surface area contributed by atoms with E-state index >= 15 is 0 Å². The van der Waals surface area contributed by atoms with Crippen molar-refractivity contribution in [1.29, 1.82) is 0 Å². The van der Waals surface area contributed by atoms with Crippen molar-refractivity contribution in [2.24, 2.45) is 0 Å². The van der Waals surface area contributed by atoms with Crippen LogP contribution in [0.25, 0.3) is 0 Å². The van der Waals surface area contributed by atoms with Crippen molar-refractivity contribution in [1.82, 2.24) is 0 Å². The Labute approximate surface area is 138 Å². The molecule has 0 spiro atoms. The van der Waals surface area contributed by atoms with E-state index < -0.39 is 0 Å². The summed E-state index contributed by atoms with van der Waals surface area (Å²) >= 11 is 11.9. The van der Waals surface area contributed by atoms with Gasteiger partial charge in [0.05, 0.1) is 24.4 Å². The Morgan fingerprint density at radius 3 is 2.50 bits per heavy atom. The van der Waals surface area contributed by atoms with Gasteiger partial charge in [0, 0.05) is 6.07 Å². The highest BCUT2D eigenvalue weighted by atomic mass is 35.5. The van der Waals surface area contributed by atoms with E-state index in [-0.39, 0.29) is 24.1 Å². The zero-order valence-electron chi connectivity index (χ0n) is 11.9. The van der Waals surface area contributed by atoms with Crippen molar-refractivity contribution in [3.8, 4) is 5.75 Å². The summed E-state index contributed by atoms with van der Waals surface area (Å²) in [7, 11) is 1.53. The molecule has 116 valence electrons. The highest BCUT2D eigenvalue weighted by Crippen LogP contribution is 2.31. The number of methoxy groups -OCH3 is 1. The van der Waals surface area contributed by atoms with Crippen LogP contribution >= 0.6 is 23.2 Å². The summed E-state index contributed by atoms with van der Waals surface area (Å²) in [5, 5.41) is 0.404. The fourth-order valence-electron chi connectivity index (χ4n) is 1.98. The van der Waals surface area contributed by atoms with Gasteiger partial charge in [-0.3, -0.25) is 4.79 Å². The van der Waals surface area contributed by atoms with Gasteiger partial charge in [-0.15, -0.1) is 11.6 Å². The van der Waals surface area contributed by atoms with E-state index in [9.17, 15) is 9.18 Å². The maximum atomic E-state index is 13.0. The second-order valence-corrected chi connectivity index (χ2v) is 5.23. The molecule has 0 unspecified atom stereocenters. The molecule has 0 aliphatic carbocycles. The first kappa shape index (κ1) is 16.6. The highest BCUT2D eigenvalue weighted by Gasteiger charge is 2.19. The number of hydrogen-bond donors (Lipinski definition) is 0. The fraction of sp³-hybridized carbons (Fsp3) is 0.188. The Hall–Kier alpha value is -1.78. The molecule has 0 aliphatic rings. The smallest absolute Gasteiger partial charge is 0.242 e. The van der Waals surface area contributed by atoms with Gasteiger partial charge in [0.1, 0.15) is 17.4 Å². The maximum absolute atomic E-state index is 13.0. The molecule has 0 aliphatic heterocycles. The predicted molar refractivity (Wildman–Crippen MR) is 86.3 cm³/mol. The van der Waals surface area contributed by atoms with Crippen molar-refractivity contribution in [3.05, 3.63) is 58.9 Å². The zero-order chi connectivity index (χ0) is 16.1. The molecule has 0 radical (unpaired) electrons. The monoisotopic (exact) mass is 341 g/mol. The van der Waals surface area contributed by atoms with Crippen LogP contribution in [0, 0.1) is 5.82 Å². The lowest BCUT2D eigenvalue weighted by Crippen LogP contribution is -2.31. The minimum atomic E-state index is -0.335. The topological polar surface area (TPSA) is 29.5 Å². The fourth-order valence-corrected chi connectivity index (χ4v) is 2.34. The molecule has 0 saturated carbocycles. The molecule has 2 rings (SSSR count). The van der Waals surface area contributed by atoms with E-state index in [1.54, 1.807) is 30.3 Å². The third kappa shape index (κ3) is 3.90. The van der Waals surface area contributed by atoms with E-state index in [0.29, 0.717) is 16.5 Å². The standard InChI is InChI=1S/C16H14Cl2FNO2/c1-22-13-6-7-14(18)15(8-13)20(16(21)9-17)10-11-2-4-12(19)5-3-11/h2-8H,9-10H2,1H3. The van der Waals surface area contributed by atoms with Gasteiger partial charge in [-0.25, -0.2) is 4.39 Å². The van der Waals surface area contributed by atoms with Crippen molar-refractivity contribution >= 4 is 34.8 Å². The van der Waals surface area contributed by atoms with Crippen molar-refractivity contribution < 1.29 is 13.9 Å². The quantitative estimate of drug-likeness (QED) is 0.760. The van der Waals surface area contributed by atoms with Gasteiger partial charge in [-0.2, -0.15) is 0 Å². The molecule has 6 heteroatoms. The molecule has 0 atom stereocenters. The van der Waals surface area contributed by atoms with Crippen LogP contribution in [0.1, 0.15) is 5.56 Å². The summed E-state index contributed by atoms with van der Waals surface area (Å²) in [6, 6.07) is 10.9. The second kappa shape index (κ2) is 7.47. The number of ether oxygens (including phenoxy) is 1. The maximum Gasteiger partial charge on any atom is 0.242 e. The number of hydrogen-bond acceptors (Lipinski definition) is 2. The molecule has 0 aromatic heterocycles. The number of benzene rings is 2. The van der Waals surface area contributed by atoms with E-state index in [4.69, 9.17) is 27.9 Å². The second-order valence-electron chi connectivity index (χ2n) is 4.56. The van der Waals surface area contributed by atoms with E-state index in [2.05, 4.69) is 0 Å². The molecule has 2 aromatic carbocycles. The molecule has 0 fully saturated rings. The van der Waals surface area contributed by atoms with Crippen LogP contribution in [0.3, 0.4) is 0 Å². The van der Waals surface area contributed by atoms with Crippen LogP contribution in [0.5, 0.6) is 5.75 Å². The molecule has 0 bridgehead atoms. The molecule has 22 heavy (non-hydrogen) atoms. The largest absolute Gasteiger partial charge is 0.497 e. The lowest BCUT2D eigenvalue weighted by atomic mass is 10.2. The summed E-state index contributed by atoms with van der Waals surface area (Å²) in [6.07, 6.45) is 0. The molecule has 0 saturated heterocycles. The summed E-state index contributed by atoms with van der Waals surface area (Å²) in [5.41, 5.74) is 1.26. The predicted octanol–water partition coefficient (Wildman–Crippen LogP) is 4.26. The number of amides is 1. The lowest BCUT2D eigenvalue weighted by molar-refractivity contribution is -0.116. The van der Waals surface area contributed by atoms with Crippen LogP contribution in [0.15, 0.2) is 42.5 Å². The number of carbonyl (C=O) groups excluding carboxylic acids is 1. The Morgan fingerprint density at radius 2 is 1.91 bits per heavy atom. The summed E-state index contributed by atoms with van der Waals surface area (Å²) in [5.74, 6) is -0.250. The van der Waals surface area contributed by atoms with Crippen molar-refractivity contribution in [2.75, 3.05) is 17.9 Å². The Balaban J connectivity index is 2.38. The van der Waals surface area contributed by atoms with Gasteiger partial charge in [0.25, 0.3) is 0 Å².